The predicted octanol–water partition coefficient (Wildman–Crippen LogP) is 1.74. The Balaban J connectivity index is 3.84. The SMILES string of the molecule is CCCCCC(C[N+](=O)[O-])C[N+](=O)[O-]. The van der Waals surface area contributed by atoms with Crippen LogP contribution in [0.4, 0.5) is 0 Å². The van der Waals surface area contributed by atoms with Crippen molar-refractivity contribution in [2.45, 2.75) is 32.6 Å². The normalized spacial score (nSPS) is 10.4. The summed E-state index contributed by atoms with van der Waals surface area (Å²) in [6.07, 6.45) is 3.41. The van der Waals surface area contributed by atoms with E-state index in [4.69, 9.17) is 0 Å². The van der Waals surface area contributed by atoms with Crippen LogP contribution in [-0.4, -0.2) is 22.9 Å². The monoisotopic (exact) mass is 204 g/mol. The molecule has 0 aliphatic rings. The molecule has 0 rings (SSSR count). The quantitative estimate of drug-likeness (QED) is 0.342. The van der Waals surface area contributed by atoms with Gasteiger partial charge in [-0.05, 0) is 6.42 Å². The van der Waals surface area contributed by atoms with Gasteiger partial charge in [0.2, 0.25) is 13.1 Å². The molecule has 0 aliphatic carbocycles. The molecule has 0 aromatic carbocycles. The van der Waals surface area contributed by atoms with Gasteiger partial charge in [0.25, 0.3) is 0 Å². The highest BCUT2D eigenvalue weighted by Crippen LogP contribution is 2.10. The number of hydrogen-bond donors (Lipinski definition) is 0. The van der Waals surface area contributed by atoms with Crippen molar-refractivity contribution in [1.29, 1.82) is 0 Å². The van der Waals surface area contributed by atoms with Crippen molar-refractivity contribution >= 4 is 0 Å². The molecule has 0 atom stereocenters. The zero-order valence-corrected chi connectivity index (χ0v) is 8.35. The van der Waals surface area contributed by atoms with Crippen LogP contribution in [0.1, 0.15) is 32.6 Å². The van der Waals surface area contributed by atoms with Gasteiger partial charge in [-0.2, -0.15) is 0 Å². The molecule has 0 amide bonds. The summed E-state index contributed by atoms with van der Waals surface area (Å²) in [7, 11) is 0. The van der Waals surface area contributed by atoms with Crippen LogP contribution in [0.25, 0.3) is 0 Å². The number of rotatable bonds is 8. The summed E-state index contributed by atoms with van der Waals surface area (Å²) in [5.74, 6) is -0.411. The molecule has 0 radical (unpaired) electrons. The Morgan fingerprint density at radius 1 is 1.07 bits per heavy atom. The van der Waals surface area contributed by atoms with E-state index in [1.165, 1.54) is 0 Å². The Hall–Kier alpha value is -1.20. The molecule has 82 valence electrons. The minimum atomic E-state index is -0.472. The molecule has 14 heavy (non-hydrogen) atoms. The average Bonchev–Trinajstić information content (AvgIpc) is 2.02. The standard InChI is InChI=1S/C8H16N2O4/c1-2-3-4-5-8(6-9(11)12)7-10(13)14/h8H,2-7H2,1H3. The highest BCUT2D eigenvalue weighted by molar-refractivity contribution is 4.56. The van der Waals surface area contributed by atoms with Crippen molar-refractivity contribution in [3.05, 3.63) is 20.2 Å². The Morgan fingerprint density at radius 3 is 1.93 bits per heavy atom. The first kappa shape index (κ1) is 12.8. The van der Waals surface area contributed by atoms with Crippen LogP contribution in [0.5, 0.6) is 0 Å². The number of nitro groups is 2. The second-order valence-electron chi connectivity index (χ2n) is 3.39. The highest BCUT2D eigenvalue weighted by Gasteiger charge is 2.20. The molecule has 0 spiro atoms. The van der Waals surface area contributed by atoms with Crippen LogP contribution in [0.15, 0.2) is 0 Å². The van der Waals surface area contributed by atoms with Crippen LogP contribution in [-0.2, 0) is 0 Å². The first-order valence-corrected chi connectivity index (χ1v) is 4.79. The molecule has 0 saturated heterocycles. The summed E-state index contributed by atoms with van der Waals surface area (Å²) in [6, 6.07) is 0. The molecule has 0 unspecified atom stereocenters. The van der Waals surface area contributed by atoms with Gasteiger partial charge >= 0.3 is 0 Å². The smallest absolute Gasteiger partial charge is 0.212 e. The van der Waals surface area contributed by atoms with Crippen LogP contribution < -0.4 is 0 Å². The number of unbranched alkanes of at least 4 members (excludes halogenated alkanes) is 2. The fourth-order valence-corrected chi connectivity index (χ4v) is 1.34. The third-order valence-corrected chi connectivity index (χ3v) is 2.03. The van der Waals surface area contributed by atoms with E-state index in [9.17, 15) is 20.2 Å². The van der Waals surface area contributed by atoms with Gasteiger partial charge in [0.15, 0.2) is 0 Å². The van der Waals surface area contributed by atoms with Crippen LogP contribution >= 0.6 is 0 Å². The number of nitrogens with zero attached hydrogens (tertiary/aromatic N) is 2. The minimum absolute atomic E-state index is 0.287. The van der Waals surface area contributed by atoms with Crippen molar-refractivity contribution < 1.29 is 9.85 Å². The van der Waals surface area contributed by atoms with Gasteiger partial charge in [0, 0.05) is 9.85 Å². The van der Waals surface area contributed by atoms with E-state index in [0.29, 0.717) is 6.42 Å². The lowest BCUT2D eigenvalue weighted by atomic mass is 10.0. The maximum Gasteiger partial charge on any atom is 0.212 e. The zero-order valence-electron chi connectivity index (χ0n) is 8.35. The Kier molecular flexibility index (Phi) is 6.61. The van der Waals surface area contributed by atoms with E-state index in [0.717, 1.165) is 19.3 Å². The van der Waals surface area contributed by atoms with Crippen LogP contribution in [0, 0.1) is 26.1 Å². The lowest BCUT2D eigenvalue weighted by molar-refractivity contribution is -0.524. The van der Waals surface area contributed by atoms with Gasteiger partial charge in [-0.3, -0.25) is 20.2 Å². The summed E-state index contributed by atoms with van der Waals surface area (Å²) in [5.41, 5.74) is 0. The van der Waals surface area contributed by atoms with Crippen LogP contribution in [0.2, 0.25) is 0 Å². The van der Waals surface area contributed by atoms with E-state index in [-0.39, 0.29) is 13.1 Å². The molecular weight excluding hydrogens is 188 g/mol. The Morgan fingerprint density at radius 2 is 1.57 bits per heavy atom. The van der Waals surface area contributed by atoms with Gasteiger partial charge in [0.1, 0.15) is 0 Å². The lowest BCUT2D eigenvalue weighted by Gasteiger charge is -2.07. The largest absolute Gasteiger partial charge is 0.265 e. The zero-order chi connectivity index (χ0) is 11.0. The molecule has 0 N–H and O–H groups in total. The third kappa shape index (κ3) is 7.45. The molecule has 0 aliphatic heterocycles. The van der Waals surface area contributed by atoms with Gasteiger partial charge in [0.05, 0.1) is 5.92 Å². The first-order chi connectivity index (χ1) is 6.56. The van der Waals surface area contributed by atoms with E-state index in [1.54, 1.807) is 0 Å². The highest BCUT2D eigenvalue weighted by atomic mass is 16.6. The van der Waals surface area contributed by atoms with Crippen molar-refractivity contribution in [2.24, 2.45) is 5.92 Å². The van der Waals surface area contributed by atoms with Gasteiger partial charge in [-0.25, -0.2) is 0 Å². The van der Waals surface area contributed by atoms with Gasteiger partial charge in [-0.15, -0.1) is 0 Å². The first-order valence-electron chi connectivity index (χ1n) is 4.79. The Labute approximate surface area is 82.6 Å². The molecule has 0 fully saturated rings. The van der Waals surface area contributed by atoms with Crippen molar-refractivity contribution in [3.63, 3.8) is 0 Å². The average molecular weight is 204 g/mol. The molecule has 0 bridgehead atoms. The fourth-order valence-electron chi connectivity index (χ4n) is 1.34. The summed E-state index contributed by atoms with van der Waals surface area (Å²) >= 11 is 0. The second-order valence-corrected chi connectivity index (χ2v) is 3.39. The van der Waals surface area contributed by atoms with E-state index in [2.05, 4.69) is 0 Å². The lowest BCUT2D eigenvalue weighted by Crippen LogP contribution is -2.22. The Bertz CT molecular complexity index is 180. The van der Waals surface area contributed by atoms with Crippen molar-refractivity contribution in [1.82, 2.24) is 0 Å². The molecule has 0 aromatic rings. The van der Waals surface area contributed by atoms with Gasteiger partial charge in [-0.1, -0.05) is 26.2 Å². The van der Waals surface area contributed by atoms with E-state index < -0.39 is 15.8 Å². The summed E-state index contributed by atoms with van der Waals surface area (Å²) < 4.78 is 0. The number of hydrogen-bond acceptors (Lipinski definition) is 4. The molecule has 6 nitrogen and oxygen atoms in total. The minimum Gasteiger partial charge on any atom is -0.265 e. The summed E-state index contributed by atoms with van der Waals surface area (Å²) in [6.45, 7) is 1.45. The van der Waals surface area contributed by atoms with Crippen molar-refractivity contribution in [3.8, 4) is 0 Å². The van der Waals surface area contributed by atoms with E-state index >= 15 is 0 Å². The third-order valence-electron chi connectivity index (χ3n) is 2.03. The molecule has 0 aromatic heterocycles. The molecule has 0 saturated carbocycles. The van der Waals surface area contributed by atoms with Crippen LogP contribution in [0.3, 0.4) is 0 Å². The topological polar surface area (TPSA) is 86.3 Å². The van der Waals surface area contributed by atoms with Crippen molar-refractivity contribution in [2.75, 3.05) is 13.1 Å². The maximum absolute atomic E-state index is 10.2. The molecule has 0 heterocycles. The van der Waals surface area contributed by atoms with Gasteiger partial charge < -0.3 is 0 Å². The molecular formula is C8H16N2O4. The summed E-state index contributed by atoms with van der Waals surface area (Å²) in [5, 5.41) is 20.4. The molecule has 6 heteroatoms. The van der Waals surface area contributed by atoms with E-state index in [1.807, 2.05) is 6.92 Å². The summed E-state index contributed by atoms with van der Waals surface area (Å²) in [4.78, 5) is 19.5. The predicted molar refractivity (Wildman–Crippen MR) is 51.4 cm³/mol. The fraction of sp³-hybridized carbons (Fsp3) is 1.00. The second kappa shape index (κ2) is 7.23. The maximum atomic E-state index is 10.2.